The Hall–Kier alpha value is -4.82. The summed E-state index contributed by atoms with van der Waals surface area (Å²) in [5, 5.41) is 7.30. The zero-order valence-corrected chi connectivity index (χ0v) is 19.5. The smallest absolute Gasteiger partial charge is 0.136 e. The Labute approximate surface area is 207 Å². The first-order valence-corrected chi connectivity index (χ1v) is 12.3. The summed E-state index contributed by atoms with van der Waals surface area (Å²) in [5.41, 5.74) is 9.02. The fourth-order valence-corrected chi connectivity index (χ4v) is 5.79. The van der Waals surface area contributed by atoms with Gasteiger partial charge in [0.2, 0.25) is 0 Å². The molecular weight excluding hydrogens is 438 g/mol. The molecule has 8 aromatic rings. The van der Waals surface area contributed by atoms with Crippen LogP contribution in [0, 0.1) is 0 Å². The van der Waals surface area contributed by atoms with Crippen molar-refractivity contribution in [2.24, 2.45) is 0 Å². The van der Waals surface area contributed by atoms with Crippen LogP contribution in [-0.4, -0.2) is 4.98 Å². The average Bonchev–Trinajstić information content (AvgIpc) is 3.50. The number of fused-ring (bicyclic) bond motifs is 7. The van der Waals surface area contributed by atoms with Gasteiger partial charge in [-0.2, -0.15) is 0 Å². The summed E-state index contributed by atoms with van der Waals surface area (Å²) in [4.78, 5) is 3.68. The molecule has 8 rings (SSSR count). The van der Waals surface area contributed by atoms with Crippen molar-refractivity contribution >= 4 is 54.5 Å². The van der Waals surface area contributed by atoms with E-state index in [1.807, 2.05) is 12.1 Å². The number of hydrogen-bond acceptors (Lipinski definition) is 1. The van der Waals surface area contributed by atoms with Crippen molar-refractivity contribution < 1.29 is 4.42 Å². The van der Waals surface area contributed by atoms with Crippen LogP contribution in [0.2, 0.25) is 0 Å². The zero-order chi connectivity index (χ0) is 23.6. The van der Waals surface area contributed by atoms with Gasteiger partial charge in [-0.15, -0.1) is 0 Å². The first kappa shape index (κ1) is 19.5. The highest BCUT2D eigenvalue weighted by Gasteiger charge is 2.14. The summed E-state index contributed by atoms with van der Waals surface area (Å²) in [7, 11) is 0. The molecule has 0 spiro atoms. The van der Waals surface area contributed by atoms with Crippen molar-refractivity contribution in [1.82, 2.24) is 4.98 Å². The number of para-hydroxylation sites is 3. The maximum atomic E-state index is 6.19. The van der Waals surface area contributed by atoms with Crippen LogP contribution in [0.4, 0.5) is 0 Å². The van der Waals surface area contributed by atoms with Crippen LogP contribution in [0.25, 0.3) is 76.8 Å². The van der Waals surface area contributed by atoms with E-state index >= 15 is 0 Å². The minimum atomic E-state index is 0.921. The lowest BCUT2D eigenvalue weighted by Crippen LogP contribution is -1.86. The summed E-state index contributed by atoms with van der Waals surface area (Å²) >= 11 is 0. The number of hydrogen-bond donors (Lipinski definition) is 1. The van der Waals surface area contributed by atoms with E-state index < -0.39 is 0 Å². The van der Waals surface area contributed by atoms with Crippen molar-refractivity contribution in [3.8, 4) is 22.3 Å². The van der Waals surface area contributed by atoms with Crippen LogP contribution >= 0.6 is 0 Å². The van der Waals surface area contributed by atoms with Crippen molar-refractivity contribution in [2.45, 2.75) is 0 Å². The maximum absolute atomic E-state index is 6.19. The molecule has 0 fully saturated rings. The van der Waals surface area contributed by atoms with Crippen LogP contribution in [0.5, 0.6) is 0 Å². The monoisotopic (exact) mass is 459 g/mol. The number of H-pyrrole nitrogens is 1. The van der Waals surface area contributed by atoms with E-state index in [1.54, 1.807) is 0 Å². The van der Waals surface area contributed by atoms with Gasteiger partial charge in [0, 0.05) is 32.6 Å². The van der Waals surface area contributed by atoms with Gasteiger partial charge < -0.3 is 9.40 Å². The molecule has 36 heavy (non-hydrogen) atoms. The van der Waals surface area contributed by atoms with Crippen LogP contribution < -0.4 is 0 Å². The SMILES string of the molecule is c1ccc2c(c1)[nH]c1c(-c3cccc4c(-c5ccc6c(c5)oc5ccccc56)cccc34)cccc12. The number of benzene rings is 6. The van der Waals surface area contributed by atoms with Gasteiger partial charge in [0.25, 0.3) is 0 Å². The van der Waals surface area contributed by atoms with Crippen molar-refractivity contribution in [3.05, 3.63) is 121 Å². The van der Waals surface area contributed by atoms with Gasteiger partial charge in [-0.25, -0.2) is 0 Å². The quantitative estimate of drug-likeness (QED) is 0.274. The van der Waals surface area contributed by atoms with Gasteiger partial charge >= 0.3 is 0 Å². The maximum Gasteiger partial charge on any atom is 0.136 e. The van der Waals surface area contributed by atoms with E-state index in [0.717, 1.165) is 27.5 Å². The molecule has 2 nitrogen and oxygen atoms in total. The van der Waals surface area contributed by atoms with E-state index in [2.05, 4.69) is 114 Å². The molecule has 2 heteroatoms. The minimum absolute atomic E-state index is 0.921. The second kappa shape index (κ2) is 7.34. The number of nitrogens with one attached hydrogen (secondary N) is 1. The van der Waals surface area contributed by atoms with E-state index in [9.17, 15) is 0 Å². The molecule has 2 heterocycles. The predicted molar refractivity (Wildman–Crippen MR) is 151 cm³/mol. The van der Waals surface area contributed by atoms with Gasteiger partial charge in [-0.05, 0) is 51.7 Å². The molecule has 0 atom stereocenters. The zero-order valence-electron chi connectivity index (χ0n) is 19.5. The minimum Gasteiger partial charge on any atom is -0.456 e. The number of furan rings is 1. The van der Waals surface area contributed by atoms with Crippen LogP contribution in [-0.2, 0) is 0 Å². The Balaban J connectivity index is 1.36. The first-order valence-electron chi connectivity index (χ1n) is 12.3. The summed E-state index contributed by atoms with van der Waals surface area (Å²) in [6, 6.07) is 43.1. The molecule has 0 saturated heterocycles. The molecule has 2 aromatic heterocycles. The highest BCUT2D eigenvalue weighted by molar-refractivity contribution is 6.15. The lowest BCUT2D eigenvalue weighted by molar-refractivity contribution is 0.669. The van der Waals surface area contributed by atoms with Crippen LogP contribution in [0.1, 0.15) is 0 Å². The molecule has 6 aromatic carbocycles. The number of rotatable bonds is 2. The third-order valence-electron chi connectivity index (χ3n) is 7.44. The van der Waals surface area contributed by atoms with Crippen LogP contribution in [0.15, 0.2) is 126 Å². The van der Waals surface area contributed by atoms with Gasteiger partial charge in [0.1, 0.15) is 11.2 Å². The summed E-state index contributed by atoms with van der Waals surface area (Å²) in [6.07, 6.45) is 0. The van der Waals surface area contributed by atoms with Crippen molar-refractivity contribution in [3.63, 3.8) is 0 Å². The van der Waals surface area contributed by atoms with Gasteiger partial charge in [-0.3, -0.25) is 0 Å². The standard InChI is InChI=1S/C34H21NO/c1-3-16-31-26(8-1)30-15-7-14-29(34(30)35-31)25-13-6-11-23-22(10-5-12-24(23)25)21-18-19-28-27-9-2-4-17-32(27)36-33(28)20-21/h1-20,35H. The Morgan fingerprint density at radius 2 is 1.06 bits per heavy atom. The Morgan fingerprint density at radius 3 is 1.94 bits per heavy atom. The molecule has 0 unspecified atom stereocenters. The lowest BCUT2D eigenvalue weighted by atomic mass is 9.92. The molecule has 0 radical (unpaired) electrons. The van der Waals surface area contributed by atoms with Crippen molar-refractivity contribution in [2.75, 3.05) is 0 Å². The molecule has 0 aliphatic heterocycles. The largest absolute Gasteiger partial charge is 0.456 e. The molecule has 0 bridgehead atoms. The molecule has 168 valence electrons. The molecule has 0 saturated carbocycles. The molecule has 0 amide bonds. The Morgan fingerprint density at radius 1 is 0.417 bits per heavy atom. The normalized spacial score (nSPS) is 11.9. The molecule has 0 aliphatic carbocycles. The Bertz CT molecular complexity index is 2110. The lowest BCUT2D eigenvalue weighted by Gasteiger charge is -2.12. The van der Waals surface area contributed by atoms with Gasteiger partial charge in [0.15, 0.2) is 0 Å². The molecular formula is C34H21NO. The molecule has 0 aliphatic rings. The second-order valence-electron chi connectivity index (χ2n) is 9.41. The third kappa shape index (κ3) is 2.73. The van der Waals surface area contributed by atoms with E-state index in [0.29, 0.717) is 0 Å². The summed E-state index contributed by atoms with van der Waals surface area (Å²) in [6.45, 7) is 0. The number of aromatic nitrogens is 1. The highest BCUT2D eigenvalue weighted by atomic mass is 16.3. The van der Waals surface area contributed by atoms with Crippen LogP contribution in [0.3, 0.4) is 0 Å². The van der Waals surface area contributed by atoms with E-state index in [4.69, 9.17) is 4.42 Å². The van der Waals surface area contributed by atoms with E-state index in [-0.39, 0.29) is 0 Å². The predicted octanol–water partition coefficient (Wildman–Crippen LogP) is 9.71. The average molecular weight is 460 g/mol. The Kier molecular flexibility index (Phi) is 3.97. The third-order valence-corrected chi connectivity index (χ3v) is 7.44. The van der Waals surface area contributed by atoms with E-state index in [1.165, 1.54) is 49.3 Å². The fourth-order valence-electron chi connectivity index (χ4n) is 5.79. The number of aromatic amines is 1. The first-order chi connectivity index (χ1) is 17.8. The van der Waals surface area contributed by atoms with Crippen molar-refractivity contribution in [1.29, 1.82) is 0 Å². The van der Waals surface area contributed by atoms with Gasteiger partial charge in [-0.1, -0.05) is 97.1 Å². The molecule has 1 N–H and O–H groups in total. The second-order valence-corrected chi connectivity index (χ2v) is 9.41. The summed E-state index contributed by atoms with van der Waals surface area (Å²) in [5.74, 6) is 0. The summed E-state index contributed by atoms with van der Waals surface area (Å²) < 4.78 is 6.19. The highest BCUT2D eigenvalue weighted by Crippen LogP contribution is 2.40. The topological polar surface area (TPSA) is 28.9 Å². The van der Waals surface area contributed by atoms with Gasteiger partial charge in [0.05, 0.1) is 5.52 Å². The fraction of sp³-hybridized carbons (Fsp3) is 0.